The van der Waals surface area contributed by atoms with Gasteiger partial charge in [0.25, 0.3) is 0 Å². The van der Waals surface area contributed by atoms with Gasteiger partial charge in [0.05, 0.1) is 0 Å². The molecule has 4 N–H and O–H groups in total. The van der Waals surface area contributed by atoms with Crippen LogP contribution in [0.25, 0.3) is 0 Å². The number of carbonyl (C=O) groups is 2. The fourth-order valence-corrected chi connectivity index (χ4v) is 1.64. The van der Waals surface area contributed by atoms with Gasteiger partial charge in [-0.3, -0.25) is 10.6 Å². The van der Waals surface area contributed by atoms with Crippen molar-refractivity contribution in [3.8, 4) is 0 Å². The van der Waals surface area contributed by atoms with Crippen LogP contribution in [0.2, 0.25) is 0 Å². The van der Waals surface area contributed by atoms with E-state index in [1.165, 1.54) is 17.1 Å². The summed E-state index contributed by atoms with van der Waals surface area (Å²) in [6.07, 6.45) is 0.216. The molecule has 0 aliphatic rings. The van der Waals surface area contributed by atoms with E-state index in [-0.39, 0.29) is 0 Å². The van der Waals surface area contributed by atoms with Gasteiger partial charge in [-0.25, -0.2) is 14.3 Å². The molecule has 0 fully saturated rings. The molecule has 2 amide bonds. The van der Waals surface area contributed by atoms with Crippen LogP contribution in [0.15, 0.2) is 18.5 Å². The summed E-state index contributed by atoms with van der Waals surface area (Å²) in [5.74, 6) is -1.59. The van der Waals surface area contributed by atoms with Gasteiger partial charge in [0.15, 0.2) is 0 Å². The number of amides is 2. The third-order valence-corrected chi connectivity index (χ3v) is 2.51. The van der Waals surface area contributed by atoms with Crippen molar-refractivity contribution >= 4 is 12.2 Å². The third kappa shape index (κ3) is 2.53. The molecule has 0 unspecified atom stereocenters. The van der Waals surface area contributed by atoms with Crippen LogP contribution in [0, 0.1) is 5.41 Å². The average Bonchev–Trinajstić information content (AvgIpc) is 2.65. The number of carboxylic acid groups (broad SMARTS) is 2. The smallest absolute Gasteiger partial charge is 0.408 e. The Hall–Kier alpha value is -2.25. The fourth-order valence-electron chi connectivity index (χ4n) is 1.64. The first-order valence-electron chi connectivity index (χ1n) is 5.21. The van der Waals surface area contributed by atoms with Gasteiger partial charge in [0.1, 0.15) is 0 Å². The maximum absolute atomic E-state index is 11.0. The molecule has 1 aromatic rings. The van der Waals surface area contributed by atoms with E-state index in [4.69, 9.17) is 10.2 Å². The maximum Gasteiger partial charge on any atom is 0.408 e. The van der Waals surface area contributed by atoms with Crippen molar-refractivity contribution in [2.24, 2.45) is 5.41 Å². The van der Waals surface area contributed by atoms with Gasteiger partial charge in [0, 0.05) is 17.8 Å². The monoisotopic (exact) mass is 256 g/mol. The second-order valence-electron chi connectivity index (χ2n) is 4.77. The number of rotatable bonds is 3. The summed E-state index contributed by atoms with van der Waals surface area (Å²) in [5, 5.41) is 26.2. The largest absolute Gasteiger partial charge is 0.465 e. The first kappa shape index (κ1) is 13.8. The normalized spacial score (nSPS) is 11.9. The minimum atomic E-state index is -1.59. The van der Waals surface area contributed by atoms with Crippen LogP contribution < -0.4 is 10.6 Å². The zero-order chi connectivity index (χ0) is 14.0. The molecule has 1 aromatic heterocycles. The number of aromatic nitrogens is 2. The van der Waals surface area contributed by atoms with E-state index in [1.54, 1.807) is 26.8 Å². The number of hydrogen-bond acceptors (Lipinski definition) is 3. The van der Waals surface area contributed by atoms with Crippen LogP contribution in [0.4, 0.5) is 9.59 Å². The van der Waals surface area contributed by atoms with Crippen LogP contribution >= 0.6 is 0 Å². The van der Waals surface area contributed by atoms with Gasteiger partial charge in [-0.1, -0.05) is 20.8 Å². The highest BCUT2D eigenvalue weighted by molar-refractivity contribution is 5.69. The summed E-state index contributed by atoms with van der Waals surface area (Å²) in [7, 11) is 0. The number of hydrogen-bond donors (Lipinski definition) is 4. The van der Waals surface area contributed by atoms with E-state index < -0.39 is 23.4 Å². The lowest BCUT2D eigenvalue weighted by Crippen LogP contribution is -2.68. The molecule has 0 aliphatic carbocycles. The molecule has 0 radical (unpaired) electrons. The molecule has 1 rings (SSSR count). The molecular formula is C10H16N4O4. The Labute approximate surface area is 104 Å². The van der Waals surface area contributed by atoms with Crippen molar-refractivity contribution in [1.82, 2.24) is 20.4 Å². The lowest BCUT2D eigenvalue weighted by molar-refractivity contribution is 0.0120. The van der Waals surface area contributed by atoms with E-state index >= 15 is 0 Å². The molecule has 0 saturated carbocycles. The average molecular weight is 256 g/mol. The highest BCUT2D eigenvalue weighted by atomic mass is 16.4. The highest BCUT2D eigenvalue weighted by Crippen LogP contribution is 2.32. The van der Waals surface area contributed by atoms with Gasteiger partial charge >= 0.3 is 12.2 Å². The first-order chi connectivity index (χ1) is 8.19. The van der Waals surface area contributed by atoms with E-state index in [1.807, 2.05) is 0 Å². The van der Waals surface area contributed by atoms with Crippen LogP contribution in [0.3, 0.4) is 0 Å². The van der Waals surface area contributed by atoms with Crippen LogP contribution in [-0.2, 0) is 5.79 Å². The summed E-state index contributed by atoms with van der Waals surface area (Å²) < 4.78 is 1.23. The molecule has 18 heavy (non-hydrogen) atoms. The molecular weight excluding hydrogens is 240 g/mol. The second-order valence-corrected chi connectivity index (χ2v) is 4.77. The Kier molecular flexibility index (Phi) is 3.49. The lowest BCUT2D eigenvalue weighted by atomic mass is 9.86. The minimum Gasteiger partial charge on any atom is -0.465 e. The van der Waals surface area contributed by atoms with Gasteiger partial charge in [-0.2, -0.15) is 5.10 Å². The van der Waals surface area contributed by atoms with E-state index in [0.717, 1.165) is 0 Å². The van der Waals surface area contributed by atoms with Gasteiger partial charge in [0.2, 0.25) is 5.79 Å². The molecule has 1 heterocycles. The van der Waals surface area contributed by atoms with Crippen molar-refractivity contribution < 1.29 is 19.8 Å². The Morgan fingerprint density at radius 1 is 1.17 bits per heavy atom. The van der Waals surface area contributed by atoms with Crippen molar-refractivity contribution in [3.63, 3.8) is 0 Å². The maximum atomic E-state index is 11.0. The molecule has 0 spiro atoms. The second kappa shape index (κ2) is 4.55. The number of nitrogens with one attached hydrogen (secondary N) is 2. The SMILES string of the molecule is CC(C)(C)C(NC(=O)O)(NC(=O)O)n1cccn1. The third-order valence-electron chi connectivity index (χ3n) is 2.51. The lowest BCUT2D eigenvalue weighted by Gasteiger charge is -2.43. The van der Waals surface area contributed by atoms with Crippen LogP contribution in [-0.4, -0.2) is 32.2 Å². The zero-order valence-corrected chi connectivity index (χ0v) is 10.3. The standard InChI is InChI=1S/C10H16N4O4/c1-9(2,3)10(12-7(15)16,13-8(17)18)14-6-4-5-11-14/h4-6,12-13H,1-3H3,(H,15,16)(H,17,18). The van der Waals surface area contributed by atoms with Gasteiger partial charge in [-0.15, -0.1) is 0 Å². The Bertz CT molecular complexity index is 419. The summed E-state index contributed by atoms with van der Waals surface area (Å²) in [4.78, 5) is 21.9. The van der Waals surface area contributed by atoms with E-state index in [2.05, 4.69) is 15.7 Å². The predicted octanol–water partition coefficient (Wildman–Crippen LogP) is 1.07. The van der Waals surface area contributed by atoms with E-state index in [9.17, 15) is 9.59 Å². The molecule has 0 saturated heterocycles. The zero-order valence-electron chi connectivity index (χ0n) is 10.3. The molecule has 100 valence electrons. The minimum absolute atomic E-state index is 0.782. The Morgan fingerprint density at radius 2 is 1.67 bits per heavy atom. The molecule has 0 bridgehead atoms. The summed E-state index contributed by atoms with van der Waals surface area (Å²) in [6.45, 7) is 5.08. The van der Waals surface area contributed by atoms with Crippen molar-refractivity contribution in [2.45, 2.75) is 26.6 Å². The van der Waals surface area contributed by atoms with Crippen molar-refractivity contribution in [3.05, 3.63) is 18.5 Å². The Balaban J connectivity index is 3.35. The van der Waals surface area contributed by atoms with Gasteiger partial charge in [-0.05, 0) is 6.07 Å². The molecule has 0 aliphatic heterocycles. The molecule has 8 nitrogen and oxygen atoms in total. The van der Waals surface area contributed by atoms with Crippen LogP contribution in [0.1, 0.15) is 20.8 Å². The molecule has 8 heteroatoms. The summed E-state index contributed by atoms with van der Waals surface area (Å²) in [6, 6.07) is 1.58. The number of nitrogens with zero attached hydrogens (tertiary/aromatic N) is 2. The van der Waals surface area contributed by atoms with Crippen molar-refractivity contribution in [2.75, 3.05) is 0 Å². The molecule has 0 aromatic carbocycles. The highest BCUT2D eigenvalue weighted by Gasteiger charge is 2.47. The fraction of sp³-hybridized carbons (Fsp3) is 0.500. The molecule has 0 atom stereocenters. The first-order valence-corrected chi connectivity index (χ1v) is 5.21. The quantitative estimate of drug-likeness (QED) is 0.604. The van der Waals surface area contributed by atoms with Crippen molar-refractivity contribution in [1.29, 1.82) is 0 Å². The van der Waals surface area contributed by atoms with Gasteiger partial charge < -0.3 is 10.2 Å². The summed E-state index contributed by atoms with van der Waals surface area (Å²) >= 11 is 0. The Morgan fingerprint density at radius 3 is 1.94 bits per heavy atom. The topological polar surface area (TPSA) is 116 Å². The summed E-state index contributed by atoms with van der Waals surface area (Å²) in [5.41, 5.74) is -0.782. The predicted molar refractivity (Wildman–Crippen MR) is 62.0 cm³/mol. The van der Waals surface area contributed by atoms with Crippen LogP contribution in [0.5, 0.6) is 0 Å². The van der Waals surface area contributed by atoms with E-state index in [0.29, 0.717) is 0 Å².